The van der Waals surface area contributed by atoms with E-state index in [0.717, 1.165) is 35.6 Å². The molecule has 2 aromatic carbocycles. The van der Waals surface area contributed by atoms with Crippen LogP contribution in [0, 0.1) is 20.8 Å². The molecule has 0 saturated carbocycles. The summed E-state index contributed by atoms with van der Waals surface area (Å²) in [7, 11) is 0. The van der Waals surface area contributed by atoms with E-state index in [9.17, 15) is 0 Å². The molecule has 1 unspecified atom stereocenters. The van der Waals surface area contributed by atoms with Crippen molar-refractivity contribution < 1.29 is 9.47 Å². The van der Waals surface area contributed by atoms with Crippen LogP contribution in [0.4, 0.5) is 5.69 Å². The van der Waals surface area contributed by atoms with Crippen molar-refractivity contribution in [3.8, 4) is 5.75 Å². The monoisotopic (exact) mass is 481 g/mol. The molecule has 146 valence electrons. The first kappa shape index (κ1) is 21.5. The Balaban J connectivity index is 0.00000261. The lowest BCUT2D eigenvalue weighted by Gasteiger charge is -2.16. The lowest BCUT2D eigenvalue weighted by molar-refractivity contribution is 0.140. The summed E-state index contributed by atoms with van der Waals surface area (Å²) in [6.07, 6.45) is 1.04. The van der Waals surface area contributed by atoms with E-state index in [-0.39, 0.29) is 30.1 Å². The SMILES string of the molecule is Cc1cc(C)cc(NC(N)=NCc2ccc(C)cc2OC2CCOC2)c1.I. The minimum absolute atomic E-state index is 0. The molecule has 5 nitrogen and oxygen atoms in total. The number of nitrogens with zero attached hydrogens (tertiary/aromatic N) is 1. The number of ether oxygens (including phenoxy) is 2. The molecule has 1 aliphatic rings. The van der Waals surface area contributed by atoms with Crippen LogP contribution in [0.15, 0.2) is 41.4 Å². The van der Waals surface area contributed by atoms with Gasteiger partial charge >= 0.3 is 0 Å². The van der Waals surface area contributed by atoms with Crippen LogP contribution in [-0.2, 0) is 11.3 Å². The highest BCUT2D eigenvalue weighted by Gasteiger charge is 2.18. The Bertz CT molecular complexity index is 782. The molecular formula is C21H28IN3O2. The predicted octanol–water partition coefficient (Wildman–Crippen LogP) is 4.32. The Kier molecular flexibility index (Phi) is 7.91. The van der Waals surface area contributed by atoms with Gasteiger partial charge in [0, 0.05) is 17.7 Å². The third kappa shape index (κ3) is 6.39. The highest BCUT2D eigenvalue weighted by molar-refractivity contribution is 14.0. The summed E-state index contributed by atoms with van der Waals surface area (Å²) in [4.78, 5) is 4.49. The van der Waals surface area contributed by atoms with E-state index in [4.69, 9.17) is 15.2 Å². The predicted molar refractivity (Wildman–Crippen MR) is 121 cm³/mol. The summed E-state index contributed by atoms with van der Waals surface area (Å²) in [5, 5.41) is 3.16. The summed E-state index contributed by atoms with van der Waals surface area (Å²) in [6, 6.07) is 12.4. The normalized spacial score (nSPS) is 16.7. The van der Waals surface area contributed by atoms with Crippen LogP contribution in [0.2, 0.25) is 0 Å². The summed E-state index contributed by atoms with van der Waals surface area (Å²) < 4.78 is 11.5. The van der Waals surface area contributed by atoms with Gasteiger partial charge in [-0.1, -0.05) is 18.2 Å². The third-order valence-corrected chi connectivity index (χ3v) is 4.32. The van der Waals surface area contributed by atoms with Crippen molar-refractivity contribution in [3.05, 3.63) is 58.7 Å². The van der Waals surface area contributed by atoms with Crippen molar-refractivity contribution in [3.63, 3.8) is 0 Å². The van der Waals surface area contributed by atoms with Gasteiger partial charge in [0.15, 0.2) is 5.96 Å². The van der Waals surface area contributed by atoms with Gasteiger partial charge in [-0.25, -0.2) is 4.99 Å². The van der Waals surface area contributed by atoms with Crippen molar-refractivity contribution in [2.75, 3.05) is 18.5 Å². The number of aryl methyl sites for hydroxylation is 3. The minimum Gasteiger partial charge on any atom is -0.488 e. The van der Waals surface area contributed by atoms with Crippen molar-refractivity contribution in [1.82, 2.24) is 0 Å². The van der Waals surface area contributed by atoms with E-state index in [0.29, 0.717) is 19.1 Å². The number of anilines is 1. The smallest absolute Gasteiger partial charge is 0.193 e. The molecule has 0 bridgehead atoms. The molecular weight excluding hydrogens is 453 g/mol. The maximum Gasteiger partial charge on any atom is 0.193 e. The highest BCUT2D eigenvalue weighted by Crippen LogP contribution is 2.24. The number of hydrogen-bond donors (Lipinski definition) is 2. The Hall–Kier alpha value is -1.80. The van der Waals surface area contributed by atoms with E-state index in [1.54, 1.807) is 0 Å². The Morgan fingerprint density at radius 3 is 2.56 bits per heavy atom. The van der Waals surface area contributed by atoms with Crippen LogP contribution in [0.1, 0.15) is 28.7 Å². The number of aliphatic imine (C=N–C) groups is 1. The summed E-state index contributed by atoms with van der Waals surface area (Å²) in [5.74, 6) is 1.26. The maximum absolute atomic E-state index is 6.11. The fourth-order valence-corrected chi connectivity index (χ4v) is 3.09. The van der Waals surface area contributed by atoms with Gasteiger partial charge < -0.3 is 20.5 Å². The molecule has 27 heavy (non-hydrogen) atoms. The van der Waals surface area contributed by atoms with E-state index in [1.165, 1.54) is 11.1 Å². The first-order valence-corrected chi connectivity index (χ1v) is 8.99. The number of nitrogens with one attached hydrogen (secondary N) is 1. The quantitative estimate of drug-likeness (QED) is 0.379. The number of halogens is 1. The van der Waals surface area contributed by atoms with Crippen molar-refractivity contribution in [2.45, 2.75) is 39.8 Å². The fourth-order valence-electron chi connectivity index (χ4n) is 3.09. The molecule has 1 atom stereocenters. The second-order valence-electron chi connectivity index (χ2n) is 6.92. The van der Waals surface area contributed by atoms with Gasteiger partial charge in [0.05, 0.1) is 19.8 Å². The van der Waals surface area contributed by atoms with Crippen LogP contribution in [-0.4, -0.2) is 25.3 Å². The maximum atomic E-state index is 6.11. The molecule has 1 fully saturated rings. The Morgan fingerprint density at radius 1 is 1.15 bits per heavy atom. The Morgan fingerprint density at radius 2 is 1.89 bits per heavy atom. The first-order valence-electron chi connectivity index (χ1n) is 8.99. The van der Waals surface area contributed by atoms with Gasteiger partial charge in [0.1, 0.15) is 11.9 Å². The number of nitrogens with two attached hydrogens (primary N) is 1. The number of guanidine groups is 1. The van der Waals surface area contributed by atoms with E-state index in [1.807, 2.05) is 6.07 Å². The van der Waals surface area contributed by atoms with Gasteiger partial charge in [-0.3, -0.25) is 0 Å². The number of benzene rings is 2. The molecule has 0 radical (unpaired) electrons. The first-order chi connectivity index (χ1) is 12.5. The highest BCUT2D eigenvalue weighted by atomic mass is 127. The van der Waals surface area contributed by atoms with Crippen LogP contribution >= 0.6 is 24.0 Å². The molecule has 0 aromatic heterocycles. The third-order valence-electron chi connectivity index (χ3n) is 4.32. The zero-order chi connectivity index (χ0) is 18.5. The van der Waals surface area contributed by atoms with Crippen molar-refractivity contribution in [1.29, 1.82) is 0 Å². The van der Waals surface area contributed by atoms with Crippen LogP contribution in [0.25, 0.3) is 0 Å². The number of rotatable bonds is 5. The van der Waals surface area contributed by atoms with Gasteiger partial charge in [-0.05, 0) is 55.7 Å². The standard InChI is InChI=1S/C21H27N3O2.HI/c1-14-4-5-17(20(11-14)26-19-6-7-25-13-19)12-23-21(22)24-18-9-15(2)8-16(3)10-18;/h4-5,8-11,19H,6-7,12-13H2,1-3H3,(H3,22,23,24);1H. The van der Waals surface area contributed by atoms with E-state index >= 15 is 0 Å². The summed E-state index contributed by atoms with van der Waals surface area (Å²) in [5.41, 5.74) is 11.6. The molecule has 0 spiro atoms. The van der Waals surface area contributed by atoms with Crippen LogP contribution < -0.4 is 15.8 Å². The van der Waals surface area contributed by atoms with Gasteiger partial charge in [-0.15, -0.1) is 24.0 Å². The summed E-state index contributed by atoms with van der Waals surface area (Å²) >= 11 is 0. The number of hydrogen-bond acceptors (Lipinski definition) is 3. The van der Waals surface area contributed by atoms with Crippen molar-refractivity contribution >= 4 is 35.6 Å². The lowest BCUT2D eigenvalue weighted by atomic mass is 10.1. The van der Waals surface area contributed by atoms with E-state index < -0.39 is 0 Å². The average molecular weight is 481 g/mol. The topological polar surface area (TPSA) is 68.9 Å². The molecule has 6 heteroatoms. The van der Waals surface area contributed by atoms with E-state index in [2.05, 4.69) is 61.4 Å². The largest absolute Gasteiger partial charge is 0.488 e. The van der Waals surface area contributed by atoms with Crippen molar-refractivity contribution in [2.24, 2.45) is 10.7 Å². The average Bonchev–Trinajstić information content (AvgIpc) is 3.06. The molecule has 1 heterocycles. The molecule has 1 aliphatic heterocycles. The zero-order valence-corrected chi connectivity index (χ0v) is 18.4. The molecule has 3 N–H and O–H groups in total. The van der Waals surface area contributed by atoms with Crippen LogP contribution in [0.5, 0.6) is 5.75 Å². The minimum atomic E-state index is 0. The van der Waals surface area contributed by atoms with Gasteiger partial charge in [0.2, 0.25) is 0 Å². The molecule has 3 rings (SSSR count). The molecule has 0 amide bonds. The molecule has 1 saturated heterocycles. The Labute approximate surface area is 178 Å². The molecule has 0 aliphatic carbocycles. The molecule has 2 aromatic rings. The lowest BCUT2D eigenvalue weighted by Crippen LogP contribution is -2.23. The van der Waals surface area contributed by atoms with Gasteiger partial charge in [0.25, 0.3) is 0 Å². The summed E-state index contributed by atoms with van der Waals surface area (Å²) in [6.45, 7) is 8.06. The second kappa shape index (κ2) is 9.94. The fraction of sp³-hybridized carbons (Fsp3) is 0.381. The zero-order valence-electron chi connectivity index (χ0n) is 16.1. The van der Waals surface area contributed by atoms with Gasteiger partial charge in [-0.2, -0.15) is 0 Å². The second-order valence-corrected chi connectivity index (χ2v) is 6.92. The van der Waals surface area contributed by atoms with Crippen LogP contribution in [0.3, 0.4) is 0 Å².